The van der Waals surface area contributed by atoms with Gasteiger partial charge in [-0.1, -0.05) is 25.1 Å². The summed E-state index contributed by atoms with van der Waals surface area (Å²) in [4.78, 5) is 1.36. The summed E-state index contributed by atoms with van der Waals surface area (Å²) in [6.07, 6.45) is 0. The molecule has 84 valence electrons. The molecule has 0 unspecified atom stereocenters. The molecule has 1 rings (SSSR count). The molecule has 0 saturated heterocycles. The van der Waals surface area contributed by atoms with Gasteiger partial charge in [0.05, 0.1) is 6.61 Å². The maximum atomic E-state index is 5.05. The quantitative estimate of drug-likeness (QED) is 0.569. The van der Waals surface area contributed by atoms with E-state index in [0.717, 1.165) is 25.4 Å². The van der Waals surface area contributed by atoms with Crippen molar-refractivity contribution >= 4 is 11.8 Å². The first-order valence-electron chi connectivity index (χ1n) is 5.28. The Morgan fingerprint density at radius 1 is 1.33 bits per heavy atom. The van der Waals surface area contributed by atoms with Gasteiger partial charge >= 0.3 is 0 Å². The lowest BCUT2D eigenvalue weighted by Crippen LogP contribution is -2.12. The summed E-state index contributed by atoms with van der Waals surface area (Å²) in [7, 11) is 1.74. The second kappa shape index (κ2) is 7.74. The maximum Gasteiger partial charge on any atom is 0.0556 e. The van der Waals surface area contributed by atoms with Crippen LogP contribution < -0.4 is 5.32 Å². The van der Waals surface area contributed by atoms with E-state index in [9.17, 15) is 0 Å². The molecule has 0 aliphatic heterocycles. The summed E-state index contributed by atoms with van der Waals surface area (Å²) >= 11 is 1.86. The molecule has 0 amide bonds. The van der Waals surface area contributed by atoms with Crippen molar-refractivity contribution in [2.75, 3.05) is 26.0 Å². The number of hydrogen-bond acceptors (Lipinski definition) is 3. The van der Waals surface area contributed by atoms with E-state index in [4.69, 9.17) is 4.74 Å². The molecule has 0 aromatic heterocycles. The third-order valence-electron chi connectivity index (χ3n) is 2.08. The van der Waals surface area contributed by atoms with E-state index in [2.05, 4.69) is 36.5 Å². The van der Waals surface area contributed by atoms with Crippen molar-refractivity contribution in [3.05, 3.63) is 29.8 Å². The van der Waals surface area contributed by atoms with Gasteiger partial charge in [-0.3, -0.25) is 0 Å². The fourth-order valence-corrected chi connectivity index (χ4v) is 2.26. The van der Waals surface area contributed by atoms with Crippen LogP contribution in [0.3, 0.4) is 0 Å². The van der Waals surface area contributed by atoms with Gasteiger partial charge in [-0.15, -0.1) is 11.8 Å². The summed E-state index contributed by atoms with van der Waals surface area (Å²) in [5.41, 5.74) is 1.38. The molecule has 1 aromatic rings. The van der Waals surface area contributed by atoms with E-state index >= 15 is 0 Å². The molecular formula is C12H19NOS. The average molecular weight is 225 g/mol. The summed E-state index contributed by atoms with van der Waals surface area (Å²) in [6.45, 7) is 4.89. The van der Waals surface area contributed by atoms with Crippen LogP contribution in [0.1, 0.15) is 12.5 Å². The minimum Gasteiger partial charge on any atom is -0.384 e. The number of rotatable bonds is 7. The van der Waals surface area contributed by atoms with E-state index in [1.165, 1.54) is 10.5 Å². The zero-order chi connectivity index (χ0) is 10.9. The number of benzene rings is 1. The second-order valence-electron chi connectivity index (χ2n) is 3.23. The molecule has 2 nitrogen and oxygen atoms in total. The number of ether oxygens (including phenoxy) is 1. The Bertz CT molecular complexity index is 278. The molecule has 15 heavy (non-hydrogen) atoms. The van der Waals surface area contributed by atoms with Crippen LogP contribution in [0.15, 0.2) is 29.2 Å². The molecule has 1 N–H and O–H groups in total. The smallest absolute Gasteiger partial charge is 0.0556 e. The topological polar surface area (TPSA) is 21.3 Å². The Morgan fingerprint density at radius 2 is 2.13 bits per heavy atom. The second-order valence-corrected chi connectivity index (χ2v) is 4.37. The molecule has 0 saturated carbocycles. The highest BCUT2D eigenvalue weighted by molar-refractivity contribution is 7.99. The Kier molecular flexibility index (Phi) is 6.48. The van der Waals surface area contributed by atoms with Gasteiger partial charge in [-0.2, -0.15) is 0 Å². The predicted molar refractivity (Wildman–Crippen MR) is 66.4 cm³/mol. The molecule has 0 heterocycles. The predicted octanol–water partition coefficient (Wildman–Crippen LogP) is 2.53. The molecule has 0 atom stereocenters. The fraction of sp³-hybridized carbons (Fsp3) is 0.500. The normalized spacial score (nSPS) is 10.5. The van der Waals surface area contributed by atoms with Crippen molar-refractivity contribution in [1.82, 2.24) is 5.32 Å². The highest BCUT2D eigenvalue weighted by Gasteiger charge is 2.00. The van der Waals surface area contributed by atoms with Crippen molar-refractivity contribution in [3.8, 4) is 0 Å². The van der Waals surface area contributed by atoms with Crippen molar-refractivity contribution in [2.45, 2.75) is 18.4 Å². The van der Waals surface area contributed by atoms with Gasteiger partial charge in [-0.25, -0.2) is 0 Å². The van der Waals surface area contributed by atoms with E-state index in [-0.39, 0.29) is 0 Å². The highest BCUT2D eigenvalue weighted by Crippen LogP contribution is 2.22. The standard InChI is InChI=1S/C12H19NOS/c1-3-13-10-11-6-4-5-7-12(11)15-9-8-14-2/h4-7,13H,3,8-10H2,1-2H3. The van der Waals surface area contributed by atoms with Crippen LogP contribution in [-0.2, 0) is 11.3 Å². The van der Waals surface area contributed by atoms with Crippen LogP contribution in [0.25, 0.3) is 0 Å². The number of nitrogens with one attached hydrogen (secondary N) is 1. The Labute approximate surface area is 96.4 Å². The van der Waals surface area contributed by atoms with Gasteiger partial charge in [0.15, 0.2) is 0 Å². The first-order chi connectivity index (χ1) is 7.38. The minimum atomic E-state index is 0.806. The van der Waals surface area contributed by atoms with Gasteiger partial charge in [0.2, 0.25) is 0 Å². The minimum absolute atomic E-state index is 0.806. The van der Waals surface area contributed by atoms with Crippen LogP contribution in [0.2, 0.25) is 0 Å². The van der Waals surface area contributed by atoms with Crippen molar-refractivity contribution in [1.29, 1.82) is 0 Å². The Hall–Kier alpha value is -0.510. The monoisotopic (exact) mass is 225 g/mol. The van der Waals surface area contributed by atoms with E-state index in [0.29, 0.717) is 0 Å². The highest BCUT2D eigenvalue weighted by atomic mass is 32.2. The number of thioether (sulfide) groups is 1. The molecule has 0 fully saturated rings. The third kappa shape index (κ3) is 4.69. The number of hydrogen-bond donors (Lipinski definition) is 1. The zero-order valence-electron chi connectivity index (χ0n) is 9.45. The maximum absolute atomic E-state index is 5.05. The van der Waals surface area contributed by atoms with Gasteiger partial charge < -0.3 is 10.1 Å². The van der Waals surface area contributed by atoms with E-state index in [1.807, 2.05) is 11.8 Å². The van der Waals surface area contributed by atoms with Crippen molar-refractivity contribution in [2.24, 2.45) is 0 Å². The third-order valence-corrected chi connectivity index (χ3v) is 3.16. The van der Waals surface area contributed by atoms with Crippen LogP contribution in [0.5, 0.6) is 0 Å². The lowest BCUT2D eigenvalue weighted by atomic mass is 10.2. The van der Waals surface area contributed by atoms with Crippen molar-refractivity contribution in [3.63, 3.8) is 0 Å². The summed E-state index contributed by atoms with van der Waals surface area (Å²) in [5, 5.41) is 3.35. The first-order valence-corrected chi connectivity index (χ1v) is 6.27. The lowest BCUT2D eigenvalue weighted by Gasteiger charge is -2.08. The lowest BCUT2D eigenvalue weighted by molar-refractivity contribution is 0.218. The zero-order valence-corrected chi connectivity index (χ0v) is 10.3. The van der Waals surface area contributed by atoms with Crippen molar-refractivity contribution < 1.29 is 4.74 Å². The number of methoxy groups -OCH3 is 1. The van der Waals surface area contributed by atoms with E-state index < -0.39 is 0 Å². The molecular weight excluding hydrogens is 206 g/mol. The molecule has 0 radical (unpaired) electrons. The molecule has 1 aromatic carbocycles. The molecule has 0 aliphatic carbocycles. The van der Waals surface area contributed by atoms with Gasteiger partial charge in [0.1, 0.15) is 0 Å². The Morgan fingerprint density at radius 3 is 2.87 bits per heavy atom. The summed E-state index contributed by atoms with van der Waals surface area (Å²) in [5.74, 6) is 1.01. The molecule has 0 spiro atoms. The SMILES string of the molecule is CCNCc1ccccc1SCCOC. The van der Waals surface area contributed by atoms with Crippen LogP contribution in [0, 0.1) is 0 Å². The van der Waals surface area contributed by atoms with Crippen LogP contribution >= 0.6 is 11.8 Å². The first kappa shape index (κ1) is 12.6. The average Bonchev–Trinajstić information content (AvgIpc) is 2.28. The van der Waals surface area contributed by atoms with Gasteiger partial charge in [-0.05, 0) is 18.2 Å². The van der Waals surface area contributed by atoms with Gasteiger partial charge in [0.25, 0.3) is 0 Å². The van der Waals surface area contributed by atoms with Crippen LogP contribution in [0.4, 0.5) is 0 Å². The summed E-state index contributed by atoms with van der Waals surface area (Å²) < 4.78 is 5.05. The fourth-order valence-electron chi connectivity index (χ4n) is 1.29. The molecule has 0 aliphatic rings. The Balaban J connectivity index is 2.52. The van der Waals surface area contributed by atoms with E-state index in [1.54, 1.807) is 7.11 Å². The molecule has 3 heteroatoms. The summed E-state index contributed by atoms with van der Waals surface area (Å²) in [6, 6.07) is 8.53. The molecule has 0 bridgehead atoms. The van der Waals surface area contributed by atoms with Gasteiger partial charge in [0, 0.05) is 24.3 Å². The largest absolute Gasteiger partial charge is 0.384 e. The van der Waals surface area contributed by atoms with Crippen LogP contribution in [-0.4, -0.2) is 26.0 Å².